The number of rotatable bonds is 7. The number of hydrogen-bond acceptors (Lipinski definition) is 3. The summed E-state index contributed by atoms with van der Waals surface area (Å²) in [6.07, 6.45) is 2.82. The first-order chi connectivity index (χ1) is 9.90. The topological polar surface area (TPSA) is 63.4 Å². The minimum Gasteiger partial charge on any atom is -0.326 e. The molecular formula is C14H20ClFN2O2S. The SMILES string of the molecule is CCCN(CC1CC1)S(=O)(=O)c1cc(F)c(Cl)c(CN)c1. The number of halogens is 2. The predicted molar refractivity (Wildman–Crippen MR) is 81.1 cm³/mol. The van der Waals surface area contributed by atoms with Gasteiger partial charge in [-0.2, -0.15) is 4.31 Å². The normalized spacial score (nSPS) is 15.7. The molecule has 1 fully saturated rings. The van der Waals surface area contributed by atoms with Gasteiger partial charge < -0.3 is 5.73 Å². The van der Waals surface area contributed by atoms with Crippen molar-refractivity contribution in [3.63, 3.8) is 0 Å². The highest BCUT2D eigenvalue weighted by Gasteiger charge is 2.31. The molecule has 0 atom stereocenters. The van der Waals surface area contributed by atoms with Crippen LogP contribution in [0.25, 0.3) is 0 Å². The van der Waals surface area contributed by atoms with Crippen LogP contribution in [0.4, 0.5) is 4.39 Å². The molecule has 1 aliphatic carbocycles. The standard InChI is InChI=1S/C14H20ClFN2O2S/c1-2-5-18(9-10-3-4-10)21(19,20)12-6-11(8-17)14(15)13(16)7-12/h6-7,10H,2-5,8-9,17H2,1H3. The van der Waals surface area contributed by atoms with E-state index in [9.17, 15) is 12.8 Å². The first kappa shape index (κ1) is 16.7. The van der Waals surface area contributed by atoms with Crippen molar-refractivity contribution >= 4 is 21.6 Å². The third-order valence-corrected chi connectivity index (χ3v) is 5.83. The first-order valence-corrected chi connectivity index (χ1v) is 8.90. The molecule has 2 N–H and O–H groups in total. The lowest BCUT2D eigenvalue weighted by atomic mass is 10.2. The van der Waals surface area contributed by atoms with Crippen molar-refractivity contribution in [3.8, 4) is 0 Å². The van der Waals surface area contributed by atoms with E-state index < -0.39 is 15.8 Å². The Labute approximate surface area is 130 Å². The Bertz CT molecular complexity index is 618. The lowest BCUT2D eigenvalue weighted by Crippen LogP contribution is -2.33. The first-order valence-electron chi connectivity index (χ1n) is 7.08. The molecule has 0 aromatic heterocycles. The third kappa shape index (κ3) is 3.74. The number of sulfonamides is 1. The molecule has 0 saturated heterocycles. The van der Waals surface area contributed by atoms with Crippen molar-refractivity contribution in [2.24, 2.45) is 11.7 Å². The highest BCUT2D eigenvalue weighted by atomic mass is 35.5. The second kappa shape index (κ2) is 6.60. The summed E-state index contributed by atoms with van der Waals surface area (Å²) in [6.45, 7) is 2.85. The van der Waals surface area contributed by atoms with E-state index in [0.717, 1.165) is 18.9 Å². The van der Waals surface area contributed by atoms with E-state index in [1.165, 1.54) is 10.4 Å². The number of benzene rings is 1. The zero-order valence-corrected chi connectivity index (χ0v) is 13.6. The van der Waals surface area contributed by atoms with Gasteiger partial charge in [-0.25, -0.2) is 12.8 Å². The second-order valence-corrected chi connectivity index (χ2v) is 7.70. The lowest BCUT2D eigenvalue weighted by molar-refractivity contribution is 0.395. The van der Waals surface area contributed by atoms with Gasteiger partial charge in [-0.1, -0.05) is 18.5 Å². The predicted octanol–water partition coefficient (Wildman–Crippen LogP) is 2.75. The summed E-state index contributed by atoms with van der Waals surface area (Å²) in [5, 5.41) is -0.110. The van der Waals surface area contributed by atoms with Crippen LogP contribution in [0, 0.1) is 11.7 Å². The Morgan fingerprint density at radius 2 is 2.10 bits per heavy atom. The number of nitrogens with two attached hydrogens (primary N) is 1. The molecule has 0 heterocycles. The van der Waals surface area contributed by atoms with Crippen LogP contribution in [0.15, 0.2) is 17.0 Å². The van der Waals surface area contributed by atoms with E-state index in [2.05, 4.69) is 0 Å². The van der Waals surface area contributed by atoms with Crippen LogP contribution in [0.1, 0.15) is 31.7 Å². The highest BCUT2D eigenvalue weighted by molar-refractivity contribution is 7.89. The van der Waals surface area contributed by atoms with Crippen molar-refractivity contribution in [2.75, 3.05) is 13.1 Å². The molecule has 21 heavy (non-hydrogen) atoms. The maximum atomic E-state index is 13.8. The maximum absolute atomic E-state index is 13.8. The summed E-state index contributed by atoms with van der Waals surface area (Å²) in [5.41, 5.74) is 5.80. The average Bonchev–Trinajstić information content (AvgIpc) is 3.25. The molecule has 0 amide bonds. The fourth-order valence-electron chi connectivity index (χ4n) is 2.21. The quantitative estimate of drug-likeness (QED) is 0.834. The fourth-order valence-corrected chi connectivity index (χ4v) is 4.07. The average molecular weight is 335 g/mol. The van der Waals surface area contributed by atoms with Crippen LogP contribution in [-0.4, -0.2) is 25.8 Å². The van der Waals surface area contributed by atoms with Crippen molar-refractivity contribution in [1.82, 2.24) is 4.31 Å². The largest absolute Gasteiger partial charge is 0.326 e. The van der Waals surface area contributed by atoms with Gasteiger partial charge in [0, 0.05) is 19.6 Å². The molecule has 1 aliphatic rings. The van der Waals surface area contributed by atoms with Crippen LogP contribution in [0.2, 0.25) is 5.02 Å². The van der Waals surface area contributed by atoms with E-state index in [0.29, 0.717) is 31.0 Å². The van der Waals surface area contributed by atoms with Gasteiger partial charge >= 0.3 is 0 Å². The van der Waals surface area contributed by atoms with E-state index >= 15 is 0 Å². The summed E-state index contributed by atoms with van der Waals surface area (Å²) in [7, 11) is -3.71. The van der Waals surface area contributed by atoms with Crippen LogP contribution in [0.5, 0.6) is 0 Å². The smallest absolute Gasteiger partial charge is 0.243 e. The summed E-state index contributed by atoms with van der Waals surface area (Å²) >= 11 is 5.79. The zero-order valence-electron chi connectivity index (χ0n) is 12.0. The maximum Gasteiger partial charge on any atom is 0.243 e. The van der Waals surface area contributed by atoms with E-state index in [4.69, 9.17) is 17.3 Å². The molecule has 118 valence electrons. The number of hydrogen-bond donors (Lipinski definition) is 1. The van der Waals surface area contributed by atoms with Gasteiger partial charge in [0.2, 0.25) is 10.0 Å². The molecule has 1 saturated carbocycles. The summed E-state index contributed by atoms with van der Waals surface area (Å²) in [5.74, 6) is -0.321. The van der Waals surface area contributed by atoms with E-state index in [1.807, 2.05) is 6.92 Å². The Morgan fingerprint density at radius 3 is 2.62 bits per heavy atom. The van der Waals surface area contributed by atoms with Crippen molar-refractivity contribution in [3.05, 3.63) is 28.5 Å². The van der Waals surface area contributed by atoms with Crippen LogP contribution in [0.3, 0.4) is 0 Å². The molecule has 0 bridgehead atoms. The molecule has 4 nitrogen and oxygen atoms in total. The van der Waals surface area contributed by atoms with Crippen molar-refractivity contribution in [2.45, 2.75) is 37.6 Å². The lowest BCUT2D eigenvalue weighted by Gasteiger charge is -2.22. The summed E-state index contributed by atoms with van der Waals surface area (Å²) in [6, 6.07) is 2.35. The van der Waals surface area contributed by atoms with Crippen molar-refractivity contribution in [1.29, 1.82) is 0 Å². The Kier molecular flexibility index (Phi) is 5.24. The molecule has 1 aromatic rings. The van der Waals surface area contributed by atoms with Crippen molar-refractivity contribution < 1.29 is 12.8 Å². The molecule has 0 radical (unpaired) electrons. The van der Waals surface area contributed by atoms with Crippen LogP contribution >= 0.6 is 11.6 Å². The van der Waals surface area contributed by atoms with Gasteiger partial charge in [0.05, 0.1) is 9.92 Å². The van der Waals surface area contributed by atoms with E-state index in [1.54, 1.807) is 0 Å². The van der Waals surface area contributed by atoms with Gasteiger partial charge in [-0.05, 0) is 42.9 Å². The minimum absolute atomic E-state index is 0.00445. The fraction of sp³-hybridized carbons (Fsp3) is 0.571. The summed E-state index contributed by atoms with van der Waals surface area (Å²) < 4.78 is 40.6. The molecule has 2 rings (SSSR count). The van der Waals surface area contributed by atoms with Gasteiger partial charge in [-0.15, -0.1) is 0 Å². The molecule has 0 aliphatic heterocycles. The Hall–Kier alpha value is -0.690. The second-order valence-electron chi connectivity index (χ2n) is 5.39. The molecule has 0 unspecified atom stereocenters. The minimum atomic E-state index is -3.71. The van der Waals surface area contributed by atoms with Gasteiger partial charge in [0.15, 0.2) is 0 Å². The molecular weight excluding hydrogens is 315 g/mol. The van der Waals surface area contributed by atoms with Gasteiger partial charge in [-0.3, -0.25) is 0 Å². The van der Waals surface area contributed by atoms with E-state index in [-0.39, 0.29) is 16.5 Å². The Balaban J connectivity index is 2.38. The molecule has 7 heteroatoms. The highest BCUT2D eigenvalue weighted by Crippen LogP contribution is 2.32. The molecule has 1 aromatic carbocycles. The van der Waals surface area contributed by atoms with Gasteiger partial charge in [0.25, 0.3) is 0 Å². The summed E-state index contributed by atoms with van der Waals surface area (Å²) in [4.78, 5) is -0.0704. The van der Waals surface area contributed by atoms with Crippen LogP contribution in [-0.2, 0) is 16.6 Å². The Morgan fingerprint density at radius 1 is 1.43 bits per heavy atom. The third-order valence-electron chi connectivity index (χ3n) is 3.57. The van der Waals surface area contributed by atoms with Crippen LogP contribution < -0.4 is 5.73 Å². The molecule has 0 spiro atoms. The van der Waals surface area contributed by atoms with Gasteiger partial charge in [0.1, 0.15) is 5.82 Å². The zero-order chi connectivity index (χ0) is 15.6. The monoisotopic (exact) mass is 334 g/mol. The number of nitrogens with zero attached hydrogens (tertiary/aromatic N) is 1.